The van der Waals surface area contributed by atoms with Gasteiger partial charge in [-0.25, -0.2) is 0 Å². The molecule has 1 aliphatic rings. The van der Waals surface area contributed by atoms with E-state index in [0.717, 1.165) is 29.5 Å². The molecule has 2 atom stereocenters. The first kappa shape index (κ1) is 16.0. The minimum atomic E-state index is -0.0834. The molecule has 3 nitrogen and oxygen atoms in total. The minimum Gasteiger partial charge on any atom is -0.507 e. The van der Waals surface area contributed by atoms with Gasteiger partial charge in [-0.2, -0.15) is 0 Å². The van der Waals surface area contributed by atoms with Crippen LogP contribution in [0.4, 0.5) is 0 Å². The van der Waals surface area contributed by atoms with E-state index >= 15 is 0 Å². The van der Waals surface area contributed by atoms with Gasteiger partial charge in [0.2, 0.25) is 0 Å². The lowest BCUT2D eigenvalue weighted by molar-refractivity contribution is 0.387. The largest absolute Gasteiger partial charge is 0.507 e. The van der Waals surface area contributed by atoms with E-state index in [4.69, 9.17) is 5.73 Å². The molecule has 21 heavy (non-hydrogen) atoms. The molecular weight excluding hydrogens is 260 g/mol. The number of rotatable bonds is 2. The summed E-state index contributed by atoms with van der Waals surface area (Å²) in [5.74, 6) is 0.348. The minimum absolute atomic E-state index is 0.0834. The molecule has 116 valence electrons. The van der Waals surface area contributed by atoms with Crippen LogP contribution < -0.4 is 5.73 Å². The fourth-order valence-electron chi connectivity index (χ4n) is 2.98. The van der Waals surface area contributed by atoms with Crippen molar-refractivity contribution in [1.29, 1.82) is 0 Å². The van der Waals surface area contributed by atoms with Gasteiger partial charge in [0, 0.05) is 23.4 Å². The molecule has 0 bridgehead atoms. The Morgan fingerprint density at radius 2 is 1.90 bits per heavy atom. The summed E-state index contributed by atoms with van der Waals surface area (Å²) in [5, 5.41) is 10.5. The number of nitrogens with two attached hydrogens (primary N) is 1. The second kappa shape index (κ2) is 6.18. The summed E-state index contributed by atoms with van der Waals surface area (Å²) in [6.45, 7) is 8.39. The second-order valence-electron chi connectivity index (χ2n) is 7.29. The van der Waals surface area contributed by atoms with Crippen molar-refractivity contribution in [2.75, 3.05) is 0 Å². The second-order valence-corrected chi connectivity index (χ2v) is 7.29. The molecule has 0 aromatic heterocycles. The van der Waals surface area contributed by atoms with Gasteiger partial charge in [-0.3, -0.25) is 4.99 Å². The van der Waals surface area contributed by atoms with E-state index in [1.807, 2.05) is 12.3 Å². The molecule has 0 heterocycles. The fourth-order valence-corrected chi connectivity index (χ4v) is 2.98. The van der Waals surface area contributed by atoms with E-state index in [-0.39, 0.29) is 17.5 Å². The van der Waals surface area contributed by atoms with Crippen LogP contribution in [0.15, 0.2) is 17.1 Å². The number of phenolic OH excluding ortho intramolecular Hbond substituents is 1. The summed E-state index contributed by atoms with van der Waals surface area (Å²) in [7, 11) is 0. The average molecular weight is 288 g/mol. The summed E-state index contributed by atoms with van der Waals surface area (Å²) >= 11 is 0. The molecule has 0 spiro atoms. The third kappa shape index (κ3) is 3.85. The van der Waals surface area contributed by atoms with Gasteiger partial charge in [-0.15, -0.1) is 0 Å². The Labute approximate surface area is 128 Å². The van der Waals surface area contributed by atoms with Crippen LogP contribution in [0.5, 0.6) is 5.75 Å². The third-order valence-corrected chi connectivity index (χ3v) is 4.28. The van der Waals surface area contributed by atoms with Gasteiger partial charge in [0.05, 0.1) is 6.04 Å². The number of phenols is 1. The van der Waals surface area contributed by atoms with Crippen LogP contribution in [0.25, 0.3) is 0 Å². The van der Waals surface area contributed by atoms with Crippen molar-refractivity contribution in [2.45, 2.75) is 70.9 Å². The number of nitrogens with zero attached hydrogens (tertiary/aromatic N) is 1. The van der Waals surface area contributed by atoms with Crippen LogP contribution in [0.1, 0.15) is 63.1 Å². The van der Waals surface area contributed by atoms with Gasteiger partial charge < -0.3 is 10.8 Å². The van der Waals surface area contributed by atoms with E-state index < -0.39 is 0 Å². The first-order chi connectivity index (χ1) is 9.79. The molecule has 0 saturated heterocycles. The van der Waals surface area contributed by atoms with Crippen molar-refractivity contribution in [3.63, 3.8) is 0 Å². The molecule has 1 aliphatic carbocycles. The average Bonchev–Trinajstić information content (AvgIpc) is 2.39. The van der Waals surface area contributed by atoms with Crippen LogP contribution in [-0.2, 0) is 5.41 Å². The molecule has 1 aromatic rings. The summed E-state index contributed by atoms with van der Waals surface area (Å²) in [6.07, 6.45) is 6.32. The van der Waals surface area contributed by atoms with Crippen molar-refractivity contribution < 1.29 is 5.11 Å². The number of hydrogen-bond acceptors (Lipinski definition) is 3. The van der Waals surface area contributed by atoms with Gasteiger partial charge in [-0.05, 0) is 36.8 Å². The number of aromatic hydroxyl groups is 1. The molecule has 2 rings (SSSR count). The zero-order valence-electron chi connectivity index (χ0n) is 13.7. The Kier molecular flexibility index (Phi) is 4.72. The van der Waals surface area contributed by atoms with Gasteiger partial charge >= 0.3 is 0 Å². The van der Waals surface area contributed by atoms with Crippen LogP contribution in [0.2, 0.25) is 0 Å². The summed E-state index contributed by atoms with van der Waals surface area (Å²) < 4.78 is 0. The van der Waals surface area contributed by atoms with E-state index in [0.29, 0.717) is 5.75 Å². The molecule has 3 N–H and O–H groups in total. The number of hydrogen-bond donors (Lipinski definition) is 2. The zero-order valence-corrected chi connectivity index (χ0v) is 13.7. The third-order valence-electron chi connectivity index (χ3n) is 4.28. The highest BCUT2D eigenvalue weighted by Gasteiger charge is 2.22. The Balaban J connectivity index is 2.29. The zero-order chi connectivity index (χ0) is 15.6. The van der Waals surface area contributed by atoms with E-state index in [9.17, 15) is 5.11 Å². The van der Waals surface area contributed by atoms with Gasteiger partial charge in [0.1, 0.15) is 5.75 Å². The lowest BCUT2D eigenvalue weighted by atomic mass is 9.84. The maximum Gasteiger partial charge on any atom is 0.128 e. The van der Waals surface area contributed by atoms with Crippen molar-refractivity contribution in [3.8, 4) is 5.75 Å². The fraction of sp³-hybridized carbons (Fsp3) is 0.611. The van der Waals surface area contributed by atoms with E-state index in [1.165, 1.54) is 12.8 Å². The highest BCUT2D eigenvalue weighted by atomic mass is 16.3. The first-order valence-electron chi connectivity index (χ1n) is 7.92. The predicted molar refractivity (Wildman–Crippen MR) is 89.4 cm³/mol. The Hall–Kier alpha value is -1.35. The molecule has 1 fully saturated rings. The van der Waals surface area contributed by atoms with Crippen molar-refractivity contribution in [1.82, 2.24) is 0 Å². The normalized spacial score (nSPS) is 23.7. The van der Waals surface area contributed by atoms with Crippen molar-refractivity contribution in [3.05, 3.63) is 28.8 Å². The van der Waals surface area contributed by atoms with E-state index in [2.05, 4.69) is 38.8 Å². The maximum atomic E-state index is 10.5. The lowest BCUT2D eigenvalue weighted by Crippen LogP contribution is -2.36. The van der Waals surface area contributed by atoms with Crippen molar-refractivity contribution in [2.24, 2.45) is 10.7 Å². The van der Waals surface area contributed by atoms with Gasteiger partial charge in [0.15, 0.2) is 0 Å². The standard InChI is InChI=1S/C18H28N2O/c1-12-9-13(17(21)14(10-12)18(2,3)4)11-20-16-8-6-5-7-15(16)19/h9-11,15-16,21H,5-8,19H2,1-4H3/t15-,16-/m1/s1. The highest BCUT2D eigenvalue weighted by Crippen LogP contribution is 2.33. The van der Waals surface area contributed by atoms with Gasteiger partial charge in [-0.1, -0.05) is 39.7 Å². The smallest absolute Gasteiger partial charge is 0.128 e. The molecule has 0 radical (unpaired) electrons. The van der Waals surface area contributed by atoms with Crippen molar-refractivity contribution >= 4 is 6.21 Å². The molecule has 0 aliphatic heterocycles. The predicted octanol–water partition coefficient (Wildman–Crippen LogP) is 3.69. The molecular formula is C18H28N2O. The van der Waals surface area contributed by atoms with Crippen LogP contribution >= 0.6 is 0 Å². The first-order valence-corrected chi connectivity index (χ1v) is 7.92. The maximum absolute atomic E-state index is 10.5. The van der Waals surface area contributed by atoms with Crippen LogP contribution in [0, 0.1) is 6.92 Å². The van der Waals surface area contributed by atoms with Crippen LogP contribution in [0.3, 0.4) is 0 Å². The summed E-state index contributed by atoms with van der Waals surface area (Å²) in [6, 6.07) is 4.39. The SMILES string of the molecule is Cc1cc(C=N[C@@H]2CCCC[C@H]2N)c(O)c(C(C)(C)C)c1. The number of aliphatic imine (C=N–C) groups is 1. The number of benzene rings is 1. The summed E-state index contributed by atoms with van der Waals surface area (Å²) in [4.78, 5) is 4.65. The van der Waals surface area contributed by atoms with E-state index in [1.54, 1.807) is 0 Å². The summed E-state index contributed by atoms with van der Waals surface area (Å²) in [5.41, 5.74) is 8.97. The molecule has 1 saturated carbocycles. The lowest BCUT2D eigenvalue weighted by Gasteiger charge is -2.25. The molecule has 0 amide bonds. The quantitative estimate of drug-likeness (QED) is 0.815. The topological polar surface area (TPSA) is 58.6 Å². The Morgan fingerprint density at radius 1 is 1.24 bits per heavy atom. The van der Waals surface area contributed by atoms with Crippen LogP contribution in [-0.4, -0.2) is 23.4 Å². The molecule has 1 aromatic carbocycles. The monoisotopic (exact) mass is 288 g/mol. The molecule has 0 unspecified atom stereocenters. The Morgan fingerprint density at radius 3 is 2.52 bits per heavy atom. The molecule has 3 heteroatoms. The Bertz CT molecular complexity index is 529. The highest BCUT2D eigenvalue weighted by molar-refractivity contribution is 5.85. The van der Waals surface area contributed by atoms with Gasteiger partial charge in [0.25, 0.3) is 0 Å². The number of aryl methyl sites for hydroxylation is 1.